The van der Waals surface area contributed by atoms with Crippen molar-refractivity contribution >= 4 is 21.5 Å². The molecule has 17 heavy (non-hydrogen) atoms. The Hall–Kier alpha value is -1.56. The smallest absolute Gasteiger partial charge is 0.237 e. The zero-order valence-electron chi connectivity index (χ0n) is 10.1. The predicted octanol–water partition coefficient (Wildman–Crippen LogP) is 1.15. The molecule has 1 aromatic rings. The summed E-state index contributed by atoms with van der Waals surface area (Å²) in [5.74, 6) is -0.0362. The third kappa shape index (κ3) is 2.76. The van der Waals surface area contributed by atoms with Gasteiger partial charge in [-0.1, -0.05) is 0 Å². The highest BCUT2D eigenvalue weighted by molar-refractivity contribution is 7.93. The molecule has 3 N–H and O–H groups in total. The van der Waals surface area contributed by atoms with Crippen LogP contribution in [0.3, 0.4) is 0 Å². The van der Waals surface area contributed by atoms with Gasteiger partial charge in [0.05, 0.1) is 10.9 Å². The fraction of sp³-hybridized carbons (Fsp3) is 0.364. The second-order valence-electron chi connectivity index (χ2n) is 4.02. The van der Waals surface area contributed by atoms with Gasteiger partial charge >= 0.3 is 0 Å². The summed E-state index contributed by atoms with van der Waals surface area (Å²) in [4.78, 5) is 0. The van der Waals surface area contributed by atoms with E-state index in [-0.39, 0.29) is 5.84 Å². The van der Waals surface area contributed by atoms with Gasteiger partial charge in [0.2, 0.25) is 10.0 Å². The second kappa shape index (κ2) is 4.75. The van der Waals surface area contributed by atoms with Gasteiger partial charge in [-0.15, -0.1) is 0 Å². The summed E-state index contributed by atoms with van der Waals surface area (Å²) in [7, 11) is -1.80. The van der Waals surface area contributed by atoms with Crippen molar-refractivity contribution in [2.45, 2.75) is 19.1 Å². The van der Waals surface area contributed by atoms with Gasteiger partial charge in [0.25, 0.3) is 0 Å². The van der Waals surface area contributed by atoms with Crippen LogP contribution >= 0.6 is 0 Å². The van der Waals surface area contributed by atoms with Crippen LogP contribution in [0.4, 0.5) is 5.69 Å². The Labute approximate surface area is 102 Å². The molecule has 0 saturated heterocycles. The van der Waals surface area contributed by atoms with Crippen molar-refractivity contribution in [1.29, 1.82) is 5.41 Å². The number of nitrogens with one attached hydrogen (secondary N) is 1. The minimum absolute atomic E-state index is 0.0362. The Balaban J connectivity index is 3.06. The Morgan fingerprint density at radius 3 is 2.12 bits per heavy atom. The zero-order valence-corrected chi connectivity index (χ0v) is 11.0. The average Bonchev–Trinajstić information content (AvgIpc) is 2.27. The molecule has 0 heterocycles. The molecule has 0 aliphatic carbocycles. The molecule has 0 amide bonds. The zero-order chi connectivity index (χ0) is 13.2. The van der Waals surface area contributed by atoms with E-state index in [1.54, 1.807) is 38.1 Å². The van der Waals surface area contributed by atoms with Gasteiger partial charge < -0.3 is 5.73 Å². The summed E-state index contributed by atoms with van der Waals surface area (Å²) in [6, 6.07) is 6.53. The van der Waals surface area contributed by atoms with Crippen LogP contribution in [0, 0.1) is 5.41 Å². The molecule has 0 saturated carbocycles. The van der Waals surface area contributed by atoms with Gasteiger partial charge in [-0.2, -0.15) is 0 Å². The second-order valence-corrected chi connectivity index (χ2v) is 6.54. The average molecular weight is 255 g/mol. The number of nitrogens with two attached hydrogens (primary N) is 1. The standard InChI is InChI=1S/C11H17N3O2S/c1-8(2)17(15,16)14(3)10-6-4-9(5-7-10)11(12)13/h4-8H,1-3H3,(H3,12,13). The molecule has 1 aromatic carbocycles. The van der Waals surface area contributed by atoms with Crippen LogP contribution in [0.25, 0.3) is 0 Å². The normalized spacial score (nSPS) is 11.5. The molecule has 6 heteroatoms. The summed E-state index contributed by atoms with van der Waals surface area (Å²) in [6.07, 6.45) is 0. The molecule has 0 aromatic heterocycles. The van der Waals surface area contributed by atoms with Crippen molar-refractivity contribution in [2.75, 3.05) is 11.4 Å². The molecule has 94 valence electrons. The number of benzene rings is 1. The predicted molar refractivity (Wildman–Crippen MR) is 69.9 cm³/mol. The lowest BCUT2D eigenvalue weighted by Gasteiger charge is -2.21. The Morgan fingerprint density at radius 1 is 1.29 bits per heavy atom. The van der Waals surface area contributed by atoms with Gasteiger partial charge in [-0.3, -0.25) is 9.71 Å². The van der Waals surface area contributed by atoms with E-state index in [0.717, 1.165) is 0 Å². The molecule has 0 atom stereocenters. The Kier molecular flexibility index (Phi) is 3.77. The minimum atomic E-state index is -3.31. The first-order valence-corrected chi connectivity index (χ1v) is 6.69. The SMILES string of the molecule is CC(C)S(=O)(=O)N(C)c1ccc(C(=N)N)cc1. The Morgan fingerprint density at radius 2 is 1.76 bits per heavy atom. The summed E-state index contributed by atoms with van der Waals surface area (Å²) < 4.78 is 25.1. The van der Waals surface area contributed by atoms with Crippen molar-refractivity contribution < 1.29 is 8.42 Å². The maximum Gasteiger partial charge on any atom is 0.237 e. The lowest BCUT2D eigenvalue weighted by Crippen LogP contribution is -2.33. The van der Waals surface area contributed by atoms with Crippen molar-refractivity contribution in [3.63, 3.8) is 0 Å². The highest BCUT2D eigenvalue weighted by Gasteiger charge is 2.22. The third-order valence-electron chi connectivity index (χ3n) is 2.52. The largest absolute Gasteiger partial charge is 0.384 e. The molecule has 0 aliphatic heterocycles. The quantitative estimate of drug-likeness (QED) is 0.625. The highest BCUT2D eigenvalue weighted by Crippen LogP contribution is 2.19. The molecule has 0 fully saturated rings. The van der Waals surface area contributed by atoms with E-state index in [9.17, 15) is 8.42 Å². The first-order chi connectivity index (χ1) is 7.76. The first kappa shape index (κ1) is 13.5. The Bertz CT molecular complexity index is 506. The van der Waals surface area contributed by atoms with Crippen molar-refractivity contribution in [2.24, 2.45) is 5.73 Å². The van der Waals surface area contributed by atoms with Gasteiger partial charge in [-0.05, 0) is 38.1 Å². The van der Waals surface area contributed by atoms with E-state index in [1.807, 2.05) is 0 Å². The van der Waals surface area contributed by atoms with E-state index in [0.29, 0.717) is 11.3 Å². The van der Waals surface area contributed by atoms with Gasteiger partial charge in [0, 0.05) is 12.6 Å². The van der Waals surface area contributed by atoms with E-state index < -0.39 is 15.3 Å². The first-order valence-electron chi connectivity index (χ1n) is 5.19. The van der Waals surface area contributed by atoms with Crippen LogP contribution in [-0.4, -0.2) is 26.6 Å². The molecule has 0 spiro atoms. The number of sulfonamides is 1. The summed E-state index contributed by atoms with van der Waals surface area (Å²) in [6.45, 7) is 3.27. The maximum absolute atomic E-state index is 11.9. The lowest BCUT2D eigenvalue weighted by atomic mass is 10.2. The molecule has 0 bridgehead atoms. The molecule has 0 aliphatic rings. The maximum atomic E-state index is 11.9. The van der Waals surface area contributed by atoms with Crippen molar-refractivity contribution in [3.05, 3.63) is 29.8 Å². The number of hydrogen-bond acceptors (Lipinski definition) is 3. The topological polar surface area (TPSA) is 87.2 Å². The van der Waals surface area contributed by atoms with Gasteiger partial charge in [0.15, 0.2) is 0 Å². The monoisotopic (exact) mass is 255 g/mol. The fourth-order valence-corrected chi connectivity index (χ4v) is 2.36. The number of nitrogens with zero attached hydrogens (tertiary/aromatic N) is 1. The van der Waals surface area contributed by atoms with Crippen LogP contribution in [-0.2, 0) is 10.0 Å². The summed E-state index contributed by atoms with van der Waals surface area (Å²) in [5, 5.41) is 6.78. The number of rotatable bonds is 4. The number of amidine groups is 1. The number of hydrogen-bond donors (Lipinski definition) is 2. The van der Waals surface area contributed by atoms with Crippen molar-refractivity contribution in [3.8, 4) is 0 Å². The van der Waals surface area contributed by atoms with Crippen LogP contribution in [0.2, 0.25) is 0 Å². The molecule has 0 unspecified atom stereocenters. The molecule has 5 nitrogen and oxygen atoms in total. The number of nitrogen functional groups attached to an aromatic ring is 1. The van der Waals surface area contributed by atoms with Gasteiger partial charge in [-0.25, -0.2) is 8.42 Å². The summed E-state index contributed by atoms with van der Waals surface area (Å²) >= 11 is 0. The van der Waals surface area contributed by atoms with E-state index in [1.165, 1.54) is 11.4 Å². The minimum Gasteiger partial charge on any atom is -0.384 e. The van der Waals surface area contributed by atoms with Crippen molar-refractivity contribution in [1.82, 2.24) is 0 Å². The molecule has 0 radical (unpaired) electrons. The lowest BCUT2D eigenvalue weighted by molar-refractivity contribution is 0.585. The summed E-state index contributed by atoms with van der Waals surface area (Å²) in [5.41, 5.74) is 6.46. The third-order valence-corrected chi connectivity index (χ3v) is 4.69. The fourth-order valence-electron chi connectivity index (χ4n) is 1.31. The van der Waals surface area contributed by atoms with Crippen LogP contribution in [0.5, 0.6) is 0 Å². The van der Waals surface area contributed by atoms with Crippen LogP contribution < -0.4 is 10.0 Å². The highest BCUT2D eigenvalue weighted by atomic mass is 32.2. The van der Waals surface area contributed by atoms with E-state index in [2.05, 4.69) is 0 Å². The van der Waals surface area contributed by atoms with E-state index in [4.69, 9.17) is 11.1 Å². The van der Waals surface area contributed by atoms with E-state index >= 15 is 0 Å². The molecular formula is C11H17N3O2S. The van der Waals surface area contributed by atoms with Crippen LogP contribution in [0.15, 0.2) is 24.3 Å². The molecular weight excluding hydrogens is 238 g/mol. The molecule has 1 rings (SSSR count). The van der Waals surface area contributed by atoms with Crippen LogP contribution in [0.1, 0.15) is 19.4 Å². The number of anilines is 1. The van der Waals surface area contributed by atoms with Gasteiger partial charge in [0.1, 0.15) is 5.84 Å².